The third-order valence-corrected chi connectivity index (χ3v) is 6.40. The van der Waals surface area contributed by atoms with Gasteiger partial charge in [0.25, 0.3) is 5.91 Å². The van der Waals surface area contributed by atoms with Gasteiger partial charge in [0.2, 0.25) is 0 Å². The molecule has 1 aliphatic rings. The molecule has 2 aromatic heterocycles. The Bertz CT molecular complexity index is 1050. The molecule has 32 heavy (non-hydrogen) atoms. The van der Waals surface area contributed by atoms with Crippen molar-refractivity contribution in [1.82, 2.24) is 19.2 Å². The van der Waals surface area contributed by atoms with Crippen LogP contribution in [0, 0.1) is 5.41 Å². The number of imidazole rings is 1. The first-order chi connectivity index (χ1) is 14.2. The van der Waals surface area contributed by atoms with E-state index >= 15 is 0 Å². The SMILES string of the molecule is CN(Cc1ccc2c(c1)nc1sc(C(=O)N(C)CC(C)(C)C)cn12)CC1CCCO1.Cl.Cl. The van der Waals surface area contributed by atoms with Gasteiger partial charge < -0.3 is 9.64 Å². The number of likely N-dealkylation sites (N-methyl/N-ethyl adjacent to an activating group) is 1. The Morgan fingerprint density at radius 3 is 2.69 bits per heavy atom. The van der Waals surface area contributed by atoms with E-state index in [1.165, 1.54) is 23.3 Å². The molecule has 1 fully saturated rings. The summed E-state index contributed by atoms with van der Waals surface area (Å²) in [6.07, 6.45) is 4.63. The minimum atomic E-state index is 0. The van der Waals surface area contributed by atoms with Gasteiger partial charge in [0.1, 0.15) is 4.88 Å². The molecule has 6 nitrogen and oxygen atoms in total. The van der Waals surface area contributed by atoms with Crippen molar-refractivity contribution in [2.75, 3.05) is 33.8 Å². The van der Waals surface area contributed by atoms with Crippen molar-refractivity contribution >= 4 is 58.1 Å². The van der Waals surface area contributed by atoms with E-state index in [4.69, 9.17) is 9.72 Å². The maximum Gasteiger partial charge on any atom is 0.265 e. The highest BCUT2D eigenvalue weighted by Gasteiger charge is 2.22. The smallest absolute Gasteiger partial charge is 0.265 e. The van der Waals surface area contributed by atoms with Crippen molar-refractivity contribution in [3.8, 4) is 0 Å². The number of aromatic nitrogens is 2. The Morgan fingerprint density at radius 1 is 1.28 bits per heavy atom. The zero-order valence-corrected chi connectivity index (χ0v) is 21.9. The standard InChI is InChI=1S/C23H32N4O2S.2ClH/c1-23(2,3)15-26(5)21(28)20-14-27-19-9-8-16(11-18(19)24-22(27)30-20)12-25(4)13-17-7-6-10-29-17;;/h8-9,11,14,17H,6-7,10,12-13,15H2,1-5H3;2*1H. The Hall–Kier alpha value is -1.38. The molecule has 1 aliphatic heterocycles. The first-order valence-electron chi connectivity index (χ1n) is 10.7. The number of halogens is 2. The van der Waals surface area contributed by atoms with E-state index in [0.717, 1.165) is 53.5 Å². The Morgan fingerprint density at radius 2 is 2.03 bits per heavy atom. The molecule has 1 saturated heterocycles. The molecule has 0 N–H and O–H groups in total. The summed E-state index contributed by atoms with van der Waals surface area (Å²) in [5.74, 6) is 0.0564. The number of ether oxygens (including phenoxy) is 1. The average Bonchev–Trinajstić information content (AvgIpc) is 3.35. The van der Waals surface area contributed by atoms with Crippen LogP contribution < -0.4 is 0 Å². The quantitative estimate of drug-likeness (QED) is 0.471. The molecule has 4 rings (SSSR count). The summed E-state index contributed by atoms with van der Waals surface area (Å²) >= 11 is 1.46. The van der Waals surface area contributed by atoms with Crippen LogP contribution in [0.3, 0.4) is 0 Å². The van der Waals surface area contributed by atoms with Gasteiger partial charge in [-0.3, -0.25) is 14.1 Å². The first kappa shape index (κ1) is 26.9. The number of carbonyl (C=O) groups is 1. The fourth-order valence-electron chi connectivity index (χ4n) is 4.24. The minimum Gasteiger partial charge on any atom is -0.377 e. The third-order valence-electron chi connectivity index (χ3n) is 5.43. The third kappa shape index (κ3) is 6.14. The summed E-state index contributed by atoms with van der Waals surface area (Å²) in [7, 11) is 4.01. The number of fused-ring (bicyclic) bond motifs is 3. The Balaban J connectivity index is 0.00000181. The van der Waals surface area contributed by atoms with Crippen molar-refractivity contribution in [3.05, 3.63) is 34.8 Å². The predicted octanol–water partition coefficient (Wildman–Crippen LogP) is 5.12. The first-order valence-corrected chi connectivity index (χ1v) is 11.5. The van der Waals surface area contributed by atoms with Gasteiger partial charge in [-0.25, -0.2) is 4.98 Å². The summed E-state index contributed by atoms with van der Waals surface area (Å²) in [5.41, 5.74) is 3.34. The molecular formula is C23H34Cl2N4O2S. The molecule has 1 aromatic carbocycles. The number of rotatable bonds is 6. The molecule has 9 heteroatoms. The lowest BCUT2D eigenvalue weighted by atomic mass is 9.96. The molecule has 0 saturated carbocycles. The fraction of sp³-hybridized carbons (Fsp3) is 0.565. The van der Waals surface area contributed by atoms with Crippen molar-refractivity contribution in [3.63, 3.8) is 0 Å². The van der Waals surface area contributed by atoms with Crippen LogP contribution in [0.25, 0.3) is 16.0 Å². The second-order valence-corrected chi connectivity index (χ2v) is 10.7. The van der Waals surface area contributed by atoms with Crippen molar-refractivity contribution in [1.29, 1.82) is 0 Å². The van der Waals surface area contributed by atoms with Gasteiger partial charge in [0.15, 0.2) is 4.96 Å². The molecular weight excluding hydrogens is 467 g/mol. The van der Waals surface area contributed by atoms with Crippen LogP contribution in [0.1, 0.15) is 48.8 Å². The number of hydrogen-bond donors (Lipinski definition) is 0. The van der Waals surface area contributed by atoms with Crippen molar-refractivity contribution in [2.24, 2.45) is 5.41 Å². The zero-order chi connectivity index (χ0) is 21.5. The second-order valence-electron chi connectivity index (χ2n) is 9.74. The summed E-state index contributed by atoms with van der Waals surface area (Å²) < 4.78 is 7.79. The molecule has 1 atom stereocenters. The van der Waals surface area contributed by atoms with E-state index in [0.29, 0.717) is 6.10 Å². The van der Waals surface area contributed by atoms with Crippen LogP contribution in [-0.2, 0) is 11.3 Å². The number of amides is 1. The van der Waals surface area contributed by atoms with Gasteiger partial charge in [-0.1, -0.05) is 38.2 Å². The van der Waals surface area contributed by atoms with Gasteiger partial charge in [0.05, 0.1) is 17.1 Å². The monoisotopic (exact) mass is 500 g/mol. The molecule has 0 bridgehead atoms. The van der Waals surface area contributed by atoms with Gasteiger partial charge in [0, 0.05) is 39.5 Å². The lowest BCUT2D eigenvalue weighted by Crippen LogP contribution is -2.34. The molecule has 0 aliphatic carbocycles. The van der Waals surface area contributed by atoms with Crippen LogP contribution in [0.2, 0.25) is 0 Å². The highest BCUT2D eigenvalue weighted by Crippen LogP contribution is 2.26. The lowest BCUT2D eigenvalue weighted by Gasteiger charge is -2.26. The number of benzene rings is 1. The van der Waals surface area contributed by atoms with Gasteiger partial charge in [-0.15, -0.1) is 24.8 Å². The van der Waals surface area contributed by atoms with E-state index in [2.05, 4.69) is 50.9 Å². The van der Waals surface area contributed by atoms with E-state index in [1.807, 2.05) is 17.6 Å². The predicted molar refractivity (Wildman–Crippen MR) is 137 cm³/mol. The molecule has 3 aromatic rings. The molecule has 0 radical (unpaired) electrons. The maximum absolute atomic E-state index is 12.8. The van der Waals surface area contributed by atoms with Crippen LogP contribution in [0.5, 0.6) is 0 Å². The molecule has 0 spiro atoms. The summed E-state index contributed by atoms with van der Waals surface area (Å²) in [4.78, 5) is 23.3. The molecule has 1 amide bonds. The fourth-order valence-corrected chi connectivity index (χ4v) is 5.23. The number of thiazole rings is 1. The van der Waals surface area contributed by atoms with Gasteiger partial charge in [-0.05, 0) is 43.0 Å². The van der Waals surface area contributed by atoms with Gasteiger partial charge >= 0.3 is 0 Å². The van der Waals surface area contributed by atoms with Crippen LogP contribution >= 0.6 is 36.2 Å². The van der Waals surface area contributed by atoms with E-state index in [9.17, 15) is 4.79 Å². The van der Waals surface area contributed by atoms with Crippen LogP contribution in [0.15, 0.2) is 24.4 Å². The summed E-state index contributed by atoms with van der Waals surface area (Å²) in [6.45, 7) is 9.87. The molecule has 3 heterocycles. The topological polar surface area (TPSA) is 50.1 Å². The number of nitrogens with zero attached hydrogens (tertiary/aromatic N) is 4. The summed E-state index contributed by atoms with van der Waals surface area (Å²) in [5, 5.41) is 0. The Kier molecular flexibility index (Phi) is 8.98. The largest absolute Gasteiger partial charge is 0.377 e. The van der Waals surface area contributed by atoms with Crippen molar-refractivity contribution < 1.29 is 9.53 Å². The van der Waals surface area contributed by atoms with Crippen LogP contribution in [0.4, 0.5) is 0 Å². The molecule has 178 valence electrons. The minimum absolute atomic E-state index is 0. The second kappa shape index (κ2) is 10.7. The number of hydrogen-bond acceptors (Lipinski definition) is 5. The van der Waals surface area contributed by atoms with E-state index in [-0.39, 0.29) is 36.1 Å². The van der Waals surface area contributed by atoms with Crippen LogP contribution in [-0.4, -0.2) is 65.0 Å². The normalized spacial score (nSPS) is 16.4. The molecule has 1 unspecified atom stereocenters. The van der Waals surface area contributed by atoms with Crippen molar-refractivity contribution in [2.45, 2.75) is 46.3 Å². The van der Waals surface area contributed by atoms with E-state index < -0.39 is 0 Å². The highest BCUT2D eigenvalue weighted by atomic mass is 35.5. The zero-order valence-electron chi connectivity index (χ0n) is 19.5. The summed E-state index contributed by atoms with van der Waals surface area (Å²) in [6, 6.07) is 6.44. The maximum atomic E-state index is 12.8. The van der Waals surface area contributed by atoms with Gasteiger partial charge in [-0.2, -0.15) is 0 Å². The number of carbonyl (C=O) groups excluding carboxylic acids is 1. The highest BCUT2D eigenvalue weighted by molar-refractivity contribution is 7.18. The van der Waals surface area contributed by atoms with E-state index in [1.54, 1.807) is 4.90 Å². The average molecular weight is 502 g/mol. The Labute approximate surface area is 206 Å². The lowest BCUT2D eigenvalue weighted by molar-refractivity contribution is 0.0750.